The average Bonchev–Trinajstić information content (AvgIpc) is 3.30. The van der Waals surface area contributed by atoms with Gasteiger partial charge >= 0.3 is 12.2 Å². The lowest BCUT2D eigenvalue weighted by Gasteiger charge is -2.13. The summed E-state index contributed by atoms with van der Waals surface area (Å²) in [6.45, 7) is 2.57. The number of anilines is 1. The van der Waals surface area contributed by atoms with Crippen molar-refractivity contribution in [2.45, 2.75) is 26.2 Å². The summed E-state index contributed by atoms with van der Waals surface area (Å²) in [5.74, 6) is -0.494. The molecule has 7 nitrogen and oxygen atoms in total. The first-order chi connectivity index (χ1) is 14.3. The molecule has 0 saturated heterocycles. The molecule has 4 heterocycles. The number of phenols is 1. The Morgan fingerprint density at radius 3 is 2.70 bits per heavy atom. The van der Waals surface area contributed by atoms with Crippen molar-refractivity contribution < 1.29 is 22.7 Å². The Labute approximate surface area is 167 Å². The number of aryl methyl sites for hydroxylation is 1. The van der Waals surface area contributed by atoms with Gasteiger partial charge in [-0.1, -0.05) is 0 Å². The molecule has 5 rings (SSSR count). The number of oxazole rings is 1. The largest absolute Gasteiger partial charge is 0.507 e. The minimum absolute atomic E-state index is 0.221. The summed E-state index contributed by atoms with van der Waals surface area (Å²) in [7, 11) is 0. The van der Waals surface area contributed by atoms with Crippen LogP contribution in [-0.2, 0) is 19.3 Å². The minimum Gasteiger partial charge on any atom is -0.507 e. The molecule has 0 unspecified atom stereocenters. The Hall–Kier alpha value is -3.69. The van der Waals surface area contributed by atoms with Crippen LogP contribution in [0.25, 0.3) is 22.5 Å². The molecular formula is C20H14F3N5O2. The van der Waals surface area contributed by atoms with E-state index in [4.69, 9.17) is 4.42 Å². The second-order valence-corrected chi connectivity index (χ2v) is 7.05. The Kier molecular flexibility index (Phi) is 3.92. The van der Waals surface area contributed by atoms with Crippen LogP contribution in [0, 0.1) is 6.92 Å². The van der Waals surface area contributed by atoms with Crippen LogP contribution < -0.4 is 4.90 Å². The van der Waals surface area contributed by atoms with Crippen LogP contribution in [0.3, 0.4) is 0 Å². The second kappa shape index (κ2) is 6.41. The zero-order valence-electron chi connectivity index (χ0n) is 15.6. The third kappa shape index (κ3) is 3.00. The van der Waals surface area contributed by atoms with Crippen molar-refractivity contribution in [2.75, 3.05) is 4.90 Å². The summed E-state index contributed by atoms with van der Waals surface area (Å²) in [5.41, 5.74) is 2.47. The number of halogens is 3. The van der Waals surface area contributed by atoms with E-state index in [1.807, 2.05) is 4.90 Å². The second-order valence-electron chi connectivity index (χ2n) is 7.05. The van der Waals surface area contributed by atoms with Gasteiger partial charge in [0.05, 0.1) is 30.0 Å². The molecule has 1 N–H and O–H groups in total. The predicted molar refractivity (Wildman–Crippen MR) is 101 cm³/mol. The van der Waals surface area contributed by atoms with Crippen LogP contribution in [0.5, 0.6) is 5.75 Å². The molecule has 0 saturated carbocycles. The van der Waals surface area contributed by atoms with Gasteiger partial charge in [0.25, 0.3) is 0 Å². The molecule has 1 aliphatic rings. The van der Waals surface area contributed by atoms with E-state index in [0.717, 1.165) is 17.3 Å². The van der Waals surface area contributed by atoms with Crippen LogP contribution in [0.15, 0.2) is 41.2 Å². The molecule has 152 valence electrons. The van der Waals surface area contributed by atoms with Gasteiger partial charge in [0.15, 0.2) is 5.58 Å². The zero-order chi connectivity index (χ0) is 21.0. The highest BCUT2D eigenvalue weighted by molar-refractivity contribution is 5.78. The van der Waals surface area contributed by atoms with Crippen LogP contribution >= 0.6 is 0 Å². The molecule has 0 fully saturated rings. The number of benzene rings is 1. The van der Waals surface area contributed by atoms with Gasteiger partial charge in [0.2, 0.25) is 5.65 Å². The van der Waals surface area contributed by atoms with Crippen molar-refractivity contribution in [2.24, 2.45) is 0 Å². The summed E-state index contributed by atoms with van der Waals surface area (Å²) in [6, 6.07) is 5.26. The maximum absolute atomic E-state index is 13.0. The topological polar surface area (TPSA) is 88.2 Å². The molecule has 0 amide bonds. The number of rotatable bonds is 2. The van der Waals surface area contributed by atoms with E-state index in [2.05, 4.69) is 19.9 Å². The molecule has 1 aliphatic heterocycles. The maximum atomic E-state index is 13.0. The molecule has 30 heavy (non-hydrogen) atoms. The zero-order valence-corrected chi connectivity index (χ0v) is 15.6. The van der Waals surface area contributed by atoms with Crippen molar-refractivity contribution in [3.63, 3.8) is 0 Å². The number of nitrogens with zero attached hydrogens (tertiary/aromatic N) is 5. The molecule has 0 bridgehead atoms. The van der Waals surface area contributed by atoms with E-state index >= 15 is 0 Å². The fourth-order valence-corrected chi connectivity index (χ4v) is 3.58. The number of hydrogen-bond acceptors (Lipinski definition) is 7. The van der Waals surface area contributed by atoms with Gasteiger partial charge in [-0.2, -0.15) is 18.2 Å². The van der Waals surface area contributed by atoms with E-state index < -0.39 is 17.5 Å². The maximum Gasteiger partial charge on any atom is 0.416 e. The van der Waals surface area contributed by atoms with Crippen molar-refractivity contribution in [3.05, 3.63) is 59.2 Å². The van der Waals surface area contributed by atoms with Gasteiger partial charge in [-0.3, -0.25) is 0 Å². The summed E-state index contributed by atoms with van der Waals surface area (Å²) in [6.07, 6.45) is -1.31. The molecule has 10 heteroatoms. The quantitative estimate of drug-likeness (QED) is 0.526. The highest BCUT2D eigenvalue weighted by Gasteiger charge is 2.32. The molecule has 0 atom stereocenters. The predicted octanol–water partition coefficient (Wildman–Crippen LogP) is 4.23. The number of fused-ring (bicyclic) bond motifs is 2. The molecule has 0 spiro atoms. The van der Waals surface area contributed by atoms with E-state index in [9.17, 15) is 18.3 Å². The Morgan fingerprint density at radius 2 is 1.97 bits per heavy atom. The standard InChI is InChI=1S/C20H14F3N5O2/c1-10-4-12(20(21,22)23)5-15(29)17(10)13-2-3-16-18(26-13)27-19(30-16)28-7-11-6-24-9-25-14(11)8-28/h2-6,9,29H,7-8H2,1H3. The molecule has 3 aromatic heterocycles. The molecule has 0 radical (unpaired) electrons. The first kappa shape index (κ1) is 18.3. The summed E-state index contributed by atoms with van der Waals surface area (Å²) >= 11 is 0. The lowest BCUT2D eigenvalue weighted by molar-refractivity contribution is -0.137. The normalized spacial score (nSPS) is 13.8. The molecule has 1 aromatic carbocycles. The lowest BCUT2D eigenvalue weighted by Crippen LogP contribution is -2.14. The van der Waals surface area contributed by atoms with Gasteiger partial charge in [0.1, 0.15) is 12.1 Å². The smallest absolute Gasteiger partial charge is 0.416 e. The van der Waals surface area contributed by atoms with Gasteiger partial charge in [-0.15, -0.1) is 0 Å². The highest BCUT2D eigenvalue weighted by Crippen LogP contribution is 2.39. The Morgan fingerprint density at radius 1 is 1.13 bits per heavy atom. The van der Waals surface area contributed by atoms with Gasteiger partial charge in [0, 0.05) is 17.3 Å². The van der Waals surface area contributed by atoms with Gasteiger partial charge in [-0.25, -0.2) is 15.0 Å². The lowest BCUT2D eigenvalue weighted by atomic mass is 10.0. The molecular weight excluding hydrogens is 399 g/mol. The fraction of sp³-hybridized carbons (Fsp3) is 0.200. The van der Waals surface area contributed by atoms with Crippen LogP contribution in [0.2, 0.25) is 0 Å². The number of alkyl halides is 3. The SMILES string of the molecule is Cc1cc(C(F)(F)F)cc(O)c1-c1ccc2oc(N3Cc4cncnc4C3)nc2n1. The summed E-state index contributed by atoms with van der Waals surface area (Å²) < 4.78 is 44.7. The van der Waals surface area contributed by atoms with Gasteiger partial charge < -0.3 is 14.4 Å². The monoisotopic (exact) mass is 413 g/mol. The first-order valence-electron chi connectivity index (χ1n) is 9.01. The minimum atomic E-state index is -4.54. The molecule has 4 aromatic rings. The van der Waals surface area contributed by atoms with Crippen molar-refractivity contribution in [1.82, 2.24) is 19.9 Å². The van der Waals surface area contributed by atoms with Crippen molar-refractivity contribution >= 4 is 17.2 Å². The van der Waals surface area contributed by atoms with Gasteiger partial charge in [-0.05, 0) is 36.8 Å². The van der Waals surface area contributed by atoms with Crippen LogP contribution in [0.1, 0.15) is 22.4 Å². The van der Waals surface area contributed by atoms with E-state index in [0.29, 0.717) is 42.1 Å². The number of pyridine rings is 1. The Balaban J connectivity index is 1.51. The summed E-state index contributed by atoms with van der Waals surface area (Å²) in [5, 5.41) is 10.2. The Bertz CT molecular complexity index is 1240. The summed E-state index contributed by atoms with van der Waals surface area (Å²) in [4.78, 5) is 19.0. The van der Waals surface area contributed by atoms with E-state index in [-0.39, 0.29) is 11.1 Å². The number of aromatic nitrogens is 4. The third-order valence-corrected chi connectivity index (χ3v) is 4.99. The fourth-order valence-electron chi connectivity index (χ4n) is 3.58. The van der Waals surface area contributed by atoms with E-state index in [1.165, 1.54) is 13.3 Å². The molecule has 0 aliphatic carbocycles. The number of aromatic hydroxyl groups is 1. The first-order valence-corrected chi connectivity index (χ1v) is 9.01. The van der Waals surface area contributed by atoms with E-state index in [1.54, 1.807) is 18.3 Å². The number of hydrogen-bond donors (Lipinski definition) is 1. The third-order valence-electron chi connectivity index (χ3n) is 4.99. The average molecular weight is 413 g/mol. The van der Waals surface area contributed by atoms with Crippen molar-refractivity contribution in [3.8, 4) is 17.0 Å². The number of phenolic OH excluding ortho intramolecular Hbond substituents is 1. The van der Waals surface area contributed by atoms with Crippen LogP contribution in [0.4, 0.5) is 19.2 Å². The van der Waals surface area contributed by atoms with Crippen LogP contribution in [-0.4, -0.2) is 25.0 Å². The van der Waals surface area contributed by atoms with Crippen molar-refractivity contribution in [1.29, 1.82) is 0 Å². The highest BCUT2D eigenvalue weighted by atomic mass is 19.4.